The number of carbonyl (C=O) groups excluding carboxylic acids is 2. The molecular weight excluding hydrogens is 715 g/mol. The summed E-state index contributed by atoms with van der Waals surface area (Å²) < 4.78 is 18.9. The van der Waals surface area contributed by atoms with Crippen LogP contribution in [0.25, 0.3) is 28.0 Å². The van der Waals surface area contributed by atoms with Crippen molar-refractivity contribution in [2.75, 3.05) is 25.2 Å². The summed E-state index contributed by atoms with van der Waals surface area (Å²) in [7, 11) is 1.60. The Kier molecular flexibility index (Phi) is 12.6. The normalized spacial score (nSPS) is 21.3. The van der Waals surface area contributed by atoms with Crippen molar-refractivity contribution in [1.29, 1.82) is 0 Å². The van der Waals surface area contributed by atoms with Crippen LogP contribution < -0.4 is 15.0 Å². The highest BCUT2D eigenvalue weighted by molar-refractivity contribution is 6.03. The molecule has 2 atom stereocenters. The zero-order valence-electron chi connectivity index (χ0n) is 35.0. The number of carbonyl (C=O) groups is 2. The van der Waals surface area contributed by atoms with Crippen LogP contribution in [0.4, 0.5) is 11.4 Å². The first-order valence-corrected chi connectivity index (χ1v) is 20.5. The van der Waals surface area contributed by atoms with Crippen LogP contribution in [0, 0.1) is 31.2 Å². The number of rotatable bonds is 13. The number of hydrogen-bond acceptors (Lipinski definition) is 8. The third-order valence-electron chi connectivity index (χ3n) is 11.6. The molecule has 4 aromatic rings. The Morgan fingerprint density at radius 3 is 2.40 bits per heavy atom. The number of fused-ring (bicyclic) bond motifs is 2. The molecule has 2 aromatic carbocycles. The lowest BCUT2D eigenvalue weighted by molar-refractivity contribution is -0.0249. The van der Waals surface area contributed by atoms with Crippen LogP contribution in [0.3, 0.4) is 0 Å². The van der Waals surface area contributed by atoms with Gasteiger partial charge < -0.3 is 19.1 Å². The number of ether oxygens (including phenoxy) is 3. The summed E-state index contributed by atoms with van der Waals surface area (Å²) in [5.74, 6) is 1.04. The van der Waals surface area contributed by atoms with Crippen LogP contribution in [0.2, 0.25) is 0 Å². The molecule has 1 fully saturated rings. The van der Waals surface area contributed by atoms with Crippen molar-refractivity contribution < 1.29 is 23.8 Å². The van der Waals surface area contributed by atoms with Crippen molar-refractivity contribution in [2.45, 2.75) is 105 Å². The van der Waals surface area contributed by atoms with Gasteiger partial charge in [0.25, 0.3) is 0 Å². The SMILES string of the molecule is [C-]#[N+]c1c(C(=O)OC2C(C)CC(C)CC2C)c2nc(-c3cc(C)ccc3OC)nn2/c1=C/C=C/C=C1\N(CCCCCC)c2cc(C(=O)OCC)ccc2C1(C)C. The smallest absolute Gasteiger partial charge is 0.338 e. The number of aryl methyl sites for hydroxylation is 1. The van der Waals surface area contributed by atoms with E-state index in [1.165, 1.54) is 0 Å². The number of methoxy groups -OCH3 is 1. The van der Waals surface area contributed by atoms with E-state index in [0.29, 0.717) is 40.6 Å². The second-order valence-electron chi connectivity index (χ2n) is 16.4. The summed E-state index contributed by atoms with van der Waals surface area (Å²) in [6.45, 7) is 26.3. The minimum absolute atomic E-state index is 0.120. The summed E-state index contributed by atoms with van der Waals surface area (Å²) in [5.41, 5.74) is 5.68. The fourth-order valence-electron chi connectivity index (χ4n) is 8.91. The Morgan fingerprint density at radius 1 is 0.982 bits per heavy atom. The lowest BCUT2D eigenvalue weighted by Gasteiger charge is -2.37. The highest BCUT2D eigenvalue weighted by Gasteiger charge is 2.40. The van der Waals surface area contributed by atoms with Gasteiger partial charge in [-0.15, -0.1) is 5.10 Å². The van der Waals surface area contributed by atoms with Crippen LogP contribution in [-0.4, -0.2) is 52.9 Å². The summed E-state index contributed by atoms with van der Waals surface area (Å²) in [6, 6.07) is 11.6. The molecule has 2 aliphatic rings. The Bertz CT molecular complexity index is 2280. The van der Waals surface area contributed by atoms with Crippen molar-refractivity contribution in [2.24, 2.45) is 17.8 Å². The molecule has 6 rings (SSSR count). The van der Waals surface area contributed by atoms with Gasteiger partial charge in [-0.1, -0.05) is 90.7 Å². The Labute approximate surface area is 337 Å². The van der Waals surface area contributed by atoms with Crippen LogP contribution in [0.1, 0.15) is 119 Å². The maximum atomic E-state index is 14.2. The van der Waals surface area contributed by atoms with E-state index in [9.17, 15) is 9.59 Å². The monoisotopic (exact) mass is 771 g/mol. The second-order valence-corrected chi connectivity index (χ2v) is 16.4. The maximum absolute atomic E-state index is 14.2. The molecule has 10 heteroatoms. The second kappa shape index (κ2) is 17.4. The van der Waals surface area contributed by atoms with Crippen molar-refractivity contribution in [3.63, 3.8) is 0 Å². The largest absolute Gasteiger partial charge is 0.496 e. The van der Waals surface area contributed by atoms with E-state index in [2.05, 4.69) is 57.4 Å². The predicted molar refractivity (Wildman–Crippen MR) is 226 cm³/mol. The third-order valence-corrected chi connectivity index (χ3v) is 11.6. The van der Waals surface area contributed by atoms with E-state index < -0.39 is 5.97 Å². The van der Waals surface area contributed by atoms with E-state index >= 15 is 0 Å². The van der Waals surface area contributed by atoms with Crippen LogP contribution in [0.5, 0.6) is 5.75 Å². The highest BCUT2D eigenvalue weighted by atomic mass is 16.5. The average Bonchev–Trinajstić information content (AvgIpc) is 3.79. The van der Waals surface area contributed by atoms with Gasteiger partial charge >= 0.3 is 11.9 Å². The fourth-order valence-corrected chi connectivity index (χ4v) is 8.91. The number of hydrogen-bond donors (Lipinski definition) is 0. The Balaban J connectivity index is 1.44. The molecule has 1 aliphatic heterocycles. The lowest BCUT2D eigenvalue weighted by Crippen LogP contribution is -2.37. The van der Waals surface area contributed by atoms with E-state index in [0.717, 1.165) is 67.6 Å². The molecule has 0 bridgehead atoms. The van der Waals surface area contributed by atoms with Crippen LogP contribution in [0.15, 0.2) is 60.3 Å². The highest BCUT2D eigenvalue weighted by Crippen LogP contribution is 2.48. The molecule has 3 heterocycles. The molecule has 0 amide bonds. The molecule has 10 nitrogen and oxygen atoms in total. The van der Waals surface area contributed by atoms with Gasteiger partial charge in [-0.25, -0.2) is 23.9 Å². The van der Waals surface area contributed by atoms with Gasteiger partial charge in [0.2, 0.25) is 5.69 Å². The van der Waals surface area contributed by atoms with Gasteiger partial charge in [-0.3, -0.25) is 0 Å². The fraction of sp³-hybridized carbons (Fsp3) is 0.468. The molecule has 1 aliphatic carbocycles. The minimum atomic E-state index is -0.559. The zero-order valence-corrected chi connectivity index (χ0v) is 35.0. The Hall–Kier alpha value is -5.43. The standard InChI is InChI=1S/C47H57N5O5/c1-11-13-14-17-24-51-37-28-33(45(53)56-12-2)21-22-35(37)47(7,8)39(51)19-16-15-18-36-41(48-9)40(46(54)57-42-31(5)25-30(4)26-32(42)6)44-49-43(50-52(36)44)34-27-29(3)20-23-38(34)55-10/h15-16,18-23,27-28,30-32,42H,11-14,17,24-26H2,1-8,10H3/b16-15+,36-18+,39-19-. The lowest BCUT2D eigenvalue weighted by atomic mass is 9.75. The van der Waals surface area contributed by atoms with E-state index in [1.807, 2.05) is 68.5 Å². The number of anilines is 1. The molecule has 300 valence electrons. The summed E-state index contributed by atoms with van der Waals surface area (Å²) in [5, 5.41) is 5.32. The van der Waals surface area contributed by atoms with Crippen molar-refractivity contribution >= 4 is 35.0 Å². The van der Waals surface area contributed by atoms with Crippen LogP contribution >= 0.6 is 0 Å². The minimum Gasteiger partial charge on any atom is -0.496 e. The van der Waals surface area contributed by atoms with E-state index in [-0.39, 0.29) is 46.2 Å². The van der Waals surface area contributed by atoms with Gasteiger partial charge in [0.05, 0.1) is 36.8 Å². The molecule has 57 heavy (non-hydrogen) atoms. The van der Waals surface area contributed by atoms with Crippen molar-refractivity contribution in [1.82, 2.24) is 14.6 Å². The van der Waals surface area contributed by atoms with E-state index in [1.54, 1.807) is 11.6 Å². The molecule has 2 unspecified atom stereocenters. The molecule has 0 spiro atoms. The first kappa shape index (κ1) is 41.2. The number of benzene rings is 2. The van der Waals surface area contributed by atoms with E-state index in [4.69, 9.17) is 30.9 Å². The topological polar surface area (TPSA) is 99.6 Å². The van der Waals surface area contributed by atoms with Gasteiger partial charge in [-0.2, -0.15) is 0 Å². The van der Waals surface area contributed by atoms with Crippen molar-refractivity contribution in [3.05, 3.63) is 99.3 Å². The number of aromatic nitrogens is 3. The van der Waals surface area contributed by atoms with Crippen molar-refractivity contribution in [3.8, 4) is 17.1 Å². The van der Waals surface area contributed by atoms with Crippen LogP contribution in [-0.2, 0) is 14.9 Å². The zero-order chi connectivity index (χ0) is 41.0. The summed E-state index contributed by atoms with van der Waals surface area (Å²) >= 11 is 0. The molecule has 0 saturated heterocycles. The number of esters is 2. The quantitative estimate of drug-likeness (QED) is 0.0753. The third kappa shape index (κ3) is 8.21. The van der Waals surface area contributed by atoms with Gasteiger partial charge in [-0.05, 0) is 92.8 Å². The molecule has 2 aromatic heterocycles. The Morgan fingerprint density at radius 2 is 1.72 bits per heavy atom. The predicted octanol–water partition coefficient (Wildman–Crippen LogP) is 9.99. The number of nitrogens with zero attached hydrogens (tertiary/aromatic N) is 5. The average molecular weight is 772 g/mol. The van der Waals surface area contributed by atoms with Gasteiger partial charge in [0, 0.05) is 23.3 Å². The summed E-state index contributed by atoms with van der Waals surface area (Å²) in [4.78, 5) is 38.1. The maximum Gasteiger partial charge on any atom is 0.338 e. The molecule has 0 radical (unpaired) electrons. The van der Waals surface area contributed by atoms with Gasteiger partial charge in [0.1, 0.15) is 17.4 Å². The number of unbranched alkanes of at least 4 members (excludes halogenated alkanes) is 3. The van der Waals surface area contributed by atoms with Gasteiger partial charge in [0.15, 0.2) is 11.5 Å². The molecular formula is C47H57N5O5. The first-order valence-electron chi connectivity index (χ1n) is 20.5. The molecule has 0 N–H and O–H groups in total. The number of allylic oxidation sites excluding steroid dienone is 4. The summed E-state index contributed by atoms with van der Waals surface area (Å²) in [6.07, 6.45) is 13.9. The first-order chi connectivity index (χ1) is 27.3. The molecule has 1 saturated carbocycles.